The van der Waals surface area contributed by atoms with Gasteiger partial charge in [0, 0.05) is 9.50 Å². The average molecular weight is 371 g/mol. The van der Waals surface area contributed by atoms with Crippen LogP contribution in [0.15, 0.2) is 34.8 Å². The molecule has 0 bridgehead atoms. The van der Waals surface area contributed by atoms with E-state index in [1.807, 2.05) is 37.3 Å². The quantitative estimate of drug-likeness (QED) is 0.863. The van der Waals surface area contributed by atoms with Crippen LogP contribution in [0.4, 0.5) is 0 Å². The first-order chi connectivity index (χ1) is 9.97. The Bertz CT molecular complexity index is 661. The van der Waals surface area contributed by atoms with Crippen LogP contribution in [0.1, 0.15) is 22.7 Å². The zero-order valence-electron chi connectivity index (χ0n) is 12.1. The molecule has 0 heterocycles. The number of aryl methyl sites for hydroxylation is 1. The maximum atomic E-state index is 6.41. The van der Waals surface area contributed by atoms with Crippen molar-refractivity contribution in [2.24, 2.45) is 5.73 Å². The molecule has 112 valence electrons. The van der Waals surface area contributed by atoms with Crippen molar-refractivity contribution >= 4 is 27.5 Å². The van der Waals surface area contributed by atoms with Gasteiger partial charge >= 0.3 is 0 Å². The largest absolute Gasteiger partial charge is 0.493 e. The van der Waals surface area contributed by atoms with Crippen molar-refractivity contribution in [2.75, 3.05) is 14.2 Å². The Morgan fingerprint density at radius 1 is 1.05 bits per heavy atom. The number of nitrogens with two attached hydrogens (primary N) is 1. The smallest absolute Gasteiger partial charge is 0.161 e. The molecule has 1 unspecified atom stereocenters. The highest BCUT2D eigenvalue weighted by atomic mass is 79.9. The van der Waals surface area contributed by atoms with Gasteiger partial charge in [-0.3, -0.25) is 0 Å². The summed E-state index contributed by atoms with van der Waals surface area (Å²) in [5.41, 5.74) is 9.42. The summed E-state index contributed by atoms with van der Waals surface area (Å²) >= 11 is 9.55. The lowest BCUT2D eigenvalue weighted by molar-refractivity contribution is 0.354. The Morgan fingerprint density at radius 3 is 2.24 bits per heavy atom. The number of ether oxygens (including phenoxy) is 2. The van der Waals surface area contributed by atoms with Crippen LogP contribution < -0.4 is 15.2 Å². The van der Waals surface area contributed by atoms with Crippen LogP contribution >= 0.6 is 27.5 Å². The zero-order chi connectivity index (χ0) is 15.6. The average Bonchev–Trinajstić information content (AvgIpc) is 2.46. The van der Waals surface area contributed by atoms with Crippen LogP contribution in [-0.2, 0) is 0 Å². The minimum Gasteiger partial charge on any atom is -0.493 e. The van der Waals surface area contributed by atoms with Gasteiger partial charge in [0.1, 0.15) is 0 Å². The molecule has 0 aliphatic rings. The molecule has 2 N–H and O–H groups in total. The molecule has 21 heavy (non-hydrogen) atoms. The maximum Gasteiger partial charge on any atom is 0.161 e. The Balaban J connectivity index is 2.50. The number of halogens is 2. The van der Waals surface area contributed by atoms with Crippen molar-refractivity contribution < 1.29 is 9.47 Å². The zero-order valence-corrected chi connectivity index (χ0v) is 14.5. The molecule has 0 fully saturated rings. The fourth-order valence-electron chi connectivity index (χ4n) is 2.26. The molecule has 0 saturated heterocycles. The highest BCUT2D eigenvalue weighted by Gasteiger charge is 2.18. The summed E-state index contributed by atoms with van der Waals surface area (Å²) < 4.78 is 11.5. The Kier molecular flexibility index (Phi) is 5.14. The van der Waals surface area contributed by atoms with E-state index < -0.39 is 0 Å². The third-order valence-corrected chi connectivity index (χ3v) is 4.33. The predicted molar refractivity (Wildman–Crippen MR) is 89.5 cm³/mol. The topological polar surface area (TPSA) is 44.5 Å². The van der Waals surface area contributed by atoms with Crippen molar-refractivity contribution in [2.45, 2.75) is 13.0 Å². The van der Waals surface area contributed by atoms with E-state index in [0.29, 0.717) is 16.5 Å². The van der Waals surface area contributed by atoms with Gasteiger partial charge in [0.25, 0.3) is 0 Å². The minimum absolute atomic E-state index is 0.281. The molecule has 2 rings (SSSR count). The highest BCUT2D eigenvalue weighted by molar-refractivity contribution is 9.10. The fourth-order valence-corrected chi connectivity index (χ4v) is 3.06. The van der Waals surface area contributed by atoms with Gasteiger partial charge in [-0.2, -0.15) is 0 Å². The van der Waals surface area contributed by atoms with Gasteiger partial charge < -0.3 is 15.2 Å². The Morgan fingerprint density at radius 2 is 1.67 bits per heavy atom. The summed E-state index contributed by atoms with van der Waals surface area (Å²) in [6.45, 7) is 2.00. The molecule has 0 aliphatic heterocycles. The summed E-state index contributed by atoms with van der Waals surface area (Å²) in [6.07, 6.45) is 0. The number of hydrogen-bond donors (Lipinski definition) is 1. The minimum atomic E-state index is -0.281. The van der Waals surface area contributed by atoms with Gasteiger partial charge in [-0.1, -0.05) is 33.6 Å². The van der Waals surface area contributed by atoms with Gasteiger partial charge in [0.05, 0.1) is 20.3 Å². The normalized spacial score (nSPS) is 12.1. The first kappa shape index (κ1) is 16.1. The number of benzene rings is 2. The molecule has 0 aliphatic carbocycles. The molecular weight excluding hydrogens is 354 g/mol. The standard InChI is InChI=1S/C16H17BrClNO2/c1-9-6-10(18)4-5-11(9)16(19)12-7-14(20-2)15(21-3)8-13(12)17/h4-8,16H,19H2,1-3H3. The molecule has 3 nitrogen and oxygen atoms in total. The molecule has 0 radical (unpaired) electrons. The molecule has 2 aromatic carbocycles. The Hall–Kier alpha value is -1.23. The van der Waals surface area contributed by atoms with Crippen LogP contribution in [-0.4, -0.2) is 14.2 Å². The van der Waals surface area contributed by atoms with E-state index in [9.17, 15) is 0 Å². The van der Waals surface area contributed by atoms with E-state index in [2.05, 4.69) is 15.9 Å². The SMILES string of the molecule is COc1cc(Br)c(C(N)c2ccc(Cl)cc2C)cc1OC. The van der Waals surface area contributed by atoms with E-state index in [4.69, 9.17) is 26.8 Å². The van der Waals surface area contributed by atoms with Crippen molar-refractivity contribution in [3.63, 3.8) is 0 Å². The van der Waals surface area contributed by atoms with E-state index in [1.54, 1.807) is 14.2 Å². The first-order valence-corrected chi connectivity index (χ1v) is 7.58. The van der Waals surface area contributed by atoms with Crippen LogP contribution in [0, 0.1) is 6.92 Å². The number of hydrogen-bond acceptors (Lipinski definition) is 3. The molecule has 0 amide bonds. The monoisotopic (exact) mass is 369 g/mol. The molecule has 2 aromatic rings. The number of rotatable bonds is 4. The first-order valence-electron chi connectivity index (χ1n) is 6.41. The second-order valence-corrected chi connectivity index (χ2v) is 6.00. The molecule has 1 atom stereocenters. The van der Waals surface area contributed by atoms with Crippen LogP contribution in [0.25, 0.3) is 0 Å². The van der Waals surface area contributed by atoms with Crippen molar-refractivity contribution in [3.8, 4) is 11.5 Å². The lowest BCUT2D eigenvalue weighted by Gasteiger charge is -2.19. The fraction of sp³-hybridized carbons (Fsp3) is 0.250. The lowest BCUT2D eigenvalue weighted by atomic mass is 9.95. The Labute approximate surface area is 138 Å². The molecule has 0 saturated carbocycles. The molecule has 0 spiro atoms. The summed E-state index contributed by atoms with van der Waals surface area (Å²) in [4.78, 5) is 0. The second kappa shape index (κ2) is 6.69. The van der Waals surface area contributed by atoms with Gasteiger partial charge in [0.15, 0.2) is 11.5 Å². The van der Waals surface area contributed by atoms with Crippen LogP contribution in [0.5, 0.6) is 11.5 Å². The summed E-state index contributed by atoms with van der Waals surface area (Å²) in [6, 6.07) is 9.17. The van der Waals surface area contributed by atoms with Gasteiger partial charge in [-0.25, -0.2) is 0 Å². The van der Waals surface area contributed by atoms with E-state index in [0.717, 1.165) is 21.2 Å². The maximum absolute atomic E-state index is 6.41. The molecular formula is C16H17BrClNO2. The third kappa shape index (κ3) is 3.34. The number of methoxy groups -OCH3 is 2. The van der Waals surface area contributed by atoms with Gasteiger partial charge in [0.2, 0.25) is 0 Å². The van der Waals surface area contributed by atoms with Crippen molar-refractivity contribution in [1.29, 1.82) is 0 Å². The summed E-state index contributed by atoms with van der Waals surface area (Å²) in [7, 11) is 3.21. The molecule has 0 aromatic heterocycles. The van der Waals surface area contributed by atoms with E-state index in [1.165, 1.54) is 0 Å². The summed E-state index contributed by atoms with van der Waals surface area (Å²) in [5.74, 6) is 1.31. The highest BCUT2D eigenvalue weighted by Crippen LogP contribution is 2.37. The molecule has 5 heteroatoms. The van der Waals surface area contributed by atoms with Crippen LogP contribution in [0.3, 0.4) is 0 Å². The van der Waals surface area contributed by atoms with Crippen molar-refractivity contribution in [3.05, 3.63) is 56.5 Å². The van der Waals surface area contributed by atoms with Gasteiger partial charge in [-0.05, 0) is 47.9 Å². The lowest BCUT2D eigenvalue weighted by Crippen LogP contribution is -2.14. The summed E-state index contributed by atoms with van der Waals surface area (Å²) in [5, 5.41) is 0.704. The second-order valence-electron chi connectivity index (χ2n) is 4.71. The van der Waals surface area contributed by atoms with E-state index >= 15 is 0 Å². The van der Waals surface area contributed by atoms with Crippen LogP contribution in [0.2, 0.25) is 5.02 Å². The van der Waals surface area contributed by atoms with Crippen molar-refractivity contribution in [1.82, 2.24) is 0 Å². The van der Waals surface area contributed by atoms with Gasteiger partial charge in [-0.15, -0.1) is 0 Å². The van der Waals surface area contributed by atoms with E-state index in [-0.39, 0.29) is 6.04 Å². The third-order valence-electron chi connectivity index (χ3n) is 3.40. The predicted octanol–water partition coefficient (Wildman–Crippen LogP) is 4.48.